The molecule has 1 amide bonds. The van der Waals surface area contributed by atoms with E-state index in [1.165, 1.54) is 18.4 Å². The van der Waals surface area contributed by atoms with Crippen molar-refractivity contribution >= 4 is 5.91 Å². The summed E-state index contributed by atoms with van der Waals surface area (Å²) in [7, 11) is 0. The van der Waals surface area contributed by atoms with E-state index in [0.29, 0.717) is 44.3 Å². The number of halogens is 1. The van der Waals surface area contributed by atoms with Gasteiger partial charge in [-0.15, -0.1) is 5.10 Å². The number of rotatable bonds is 6. The topological polar surface area (TPSA) is 80.3 Å². The fourth-order valence-corrected chi connectivity index (χ4v) is 4.18. The minimum absolute atomic E-state index is 0.0999. The second kappa shape index (κ2) is 9.33. The minimum Gasteiger partial charge on any atom is -0.459 e. The Labute approximate surface area is 190 Å². The lowest BCUT2D eigenvalue weighted by molar-refractivity contribution is 0.0559. The number of hydrogen-bond acceptors (Lipinski definition) is 6. The van der Waals surface area contributed by atoms with Crippen LogP contribution in [0.5, 0.6) is 0 Å². The fourth-order valence-electron chi connectivity index (χ4n) is 4.18. The highest BCUT2D eigenvalue weighted by atomic mass is 19.1. The first kappa shape index (κ1) is 21.0. The van der Waals surface area contributed by atoms with Crippen molar-refractivity contribution in [2.45, 2.75) is 12.6 Å². The van der Waals surface area contributed by atoms with Crippen LogP contribution in [0.3, 0.4) is 0 Å². The van der Waals surface area contributed by atoms with Crippen molar-refractivity contribution in [1.82, 2.24) is 30.0 Å². The summed E-state index contributed by atoms with van der Waals surface area (Å²) in [6.45, 7) is 2.90. The second-order valence-electron chi connectivity index (χ2n) is 7.94. The van der Waals surface area contributed by atoms with Gasteiger partial charge in [-0.05, 0) is 45.8 Å². The van der Waals surface area contributed by atoms with Gasteiger partial charge in [-0.3, -0.25) is 9.69 Å². The van der Waals surface area contributed by atoms with Gasteiger partial charge in [0.15, 0.2) is 11.6 Å². The predicted molar refractivity (Wildman–Crippen MR) is 118 cm³/mol. The third-order valence-electron chi connectivity index (χ3n) is 5.86. The first-order chi connectivity index (χ1) is 16.2. The van der Waals surface area contributed by atoms with Gasteiger partial charge in [-0.25, -0.2) is 9.07 Å². The zero-order valence-corrected chi connectivity index (χ0v) is 17.9. The Morgan fingerprint density at radius 3 is 2.42 bits per heavy atom. The van der Waals surface area contributed by atoms with E-state index in [9.17, 15) is 9.18 Å². The molecule has 0 N–H and O–H groups in total. The highest BCUT2D eigenvalue weighted by Gasteiger charge is 2.32. The van der Waals surface area contributed by atoms with E-state index in [0.717, 1.165) is 11.1 Å². The summed E-state index contributed by atoms with van der Waals surface area (Å²) in [6.07, 6.45) is 1.51. The Morgan fingerprint density at radius 2 is 1.73 bits per heavy atom. The molecule has 9 heteroatoms. The molecule has 1 aliphatic heterocycles. The molecule has 3 heterocycles. The van der Waals surface area contributed by atoms with Crippen molar-refractivity contribution in [3.63, 3.8) is 0 Å². The van der Waals surface area contributed by atoms with Gasteiger partial charge < -0.3 is 9.32 Å². The van der Waals surface area contributed by atoms with E-state index in [1.807, 2.05) is 18.2 Å². The van der Waals surface area contributed by atoms with Crippen LogP contribution in [-0.4, -0.2) is 62.1 Å². The van der Waals surface area contributed by atoms with E-state index in [2.05, 4.69) is 32.6 Å². The minimum atomic E-state index is -0.278. The van der Waals surface area contributed by atoms with Crippen molar-refractivity contribution in [3.8, 4) is 0 Å². The molecule has 5 rings (SSSR count). The van der Waals surface area contributed by atoms with Crippen molar-refractivity contribution in [3.05, 3.63) is 102 Å². The molecule has 1 fully saturated rings. The molecule has 0 aliphatic carbocycles. The van der Waals surface area contributed by atoms with Crippen LogP contribution in [0.2, 0.25) is 0 Å². The van der Waals surface area contributed by atoms with Crippen LogP contribution >= 0.6 is 0 Å². The van der Waals surface area contributed by atoms with Crippen LogP contribution in [0.4, 0.5) is 4.39 Å². The first-order valence-corrected chi connectivity index (χ1v) is 10.8. The Balaban J connectivity index is 1.39. The number of amides is 1. The number of piperazine rings is 1. The molecule has 0 saturated carbocycles. The maximum absolute atomic E-state index is 13.3. The molecule has 0 radical (unpaired) electrons. The zero-order valence-electron chi connectivity index (χ0n) is 17.9. The number of nitrogens with zero attached hydrogens (tertiary/aromatic N) is 6. The normalized spacial score (nSPS) is 15.5. The number of carbonyl (C=O) groups excluding carboxylic acids is 1. The summed E-state index contributed by atoms with van der Waals surface area (Å²) < 4.78 is 20.4. The van der Waals surface area contributed by atoms with E-state index < -0.39 is 0 Å². The van der Waals surface area contributed by atoms with E-state index in [-0.39, 0.29) is 17.8 Å². The van der Waals surface area contributed by atoms with Crippen LogP contribution in [0.25, 0.3) is 0 Å². The van der Waals surface area contributed by atoms with Crippen LogP contribution in [0, 0.1) is 5.82 Å². The number of hydrogen-bond donors (Lipinski definition) is 0. The summed E-state index contributed by atoms with van der Waals surface area (Å²) in [5.41, 5.74) is 1.98. The molecule has 0 bridgehead atoms. The summed E-state index contributed by atoms with van der Waals surface area (Å²) in [6, 6.07) is 19.6. The van der Waals surface area contributed by atoms with Crippen LogP contribution < -0.4 is 0 Å². The molecule has 168 valence electrons. The molecule has 0 spiro atoms. The Morgan fingerprint density at radius 1 is 0.970 bits per heavy atom. The molecule has 0 unspecified atom stereocenters. The molecule has 2 aromatic carbocycles. The van der Waals surface area contributed by atoms with E-state index >= 15 is 0 Å². The highest BCUT2D eigenvalue weighted by Crippen LogP contribution is 2.28. The quantitative estimate of drug-likeness (QED) is 0.453. The summed E-state index contributed by atoms with van der Waals surface area (Å²) in [5.74, 6) is 0.680. The van der Waals surface area contributed by atoms with Gasteiger partial charge in [0.05, 0.1) is 18.8 Å². The van der Waals surface area contributed by atoms with Gasteiger partial charge in [-0.2, -0.15) is 0 Å². The standard InChI is InChI=1S/C24H23FN6O2/c25-20-10-8-18(9-11-20)17-31-23(26-27-28-31)22(19-5-2-1-3-6-19)29-12-14-30(15-13-29)24(32)21-7-4-16-33-21/h1-11,16,22H,12-15,17H2/t22-/m1/s1. The average molecular weight is 446 g/mol. The summed E-state index contributed by atoms with van der Waals surface area (Å²) >= 11 is 0. The first-order valence-electron chi connectivity index (χ1n) is 10.8. The lowest BCUT2D eigenvalue weighted by Gasteiger charge is -2.38. The largest absolute Gasteiger partial charge is 0.459 e. The molecule has 1 atom stereocenters. The molecule has 1 aliphatic rings. The van der Waals surface area contributed by atoms with Gasteiger partial charge in [0, 0.05) is 26.2 Å². The molecule has 2 aromatic heterocycles. The maximum atomic E-state index is 13.3. The van der Waals surface area contributed by atoms with Crippen LogP contribution in [0.1, 0.15) is 33.5 Å². The number of furan rings is 1. The molecule has 4 aromatic rings. The van der Waals surface area contributed by atoms with Gasteiger partial charge in [0.25, 0.3) is 5.91 Å². The van der Waals surface area contributed by atoms with Crippen molar-refractivity contribution in [1.29, 1.82) is 0 Å². The number of carbonyl (C=O) groups is 1. The van der Waals surface area contributed by atoms with Crippen molar-refractivity contribution in [2.24, 2.45) is 0 Å². The molecular weight excluding hydrogens is 423 g/mol. The fraction of sp³-hybridized carbons (Fsp3) is 0.250. The maximum Gasteiger partial charge on any atom is 0.289 e. The average Bonchev–Trinajstić information content (AvgIpc) is 3.55. The molecule has 33 heavy (non-hydrogen) atoms. The van der Waals surface area contributed by atoms with Crippen molar-refractivity contribution in [2.75, 3.05) is 26.2 Å². The zero-order chi connectivity index (χ0) is 22.6. The molecule has 8 nitrogen and oxygen atoms in total. The SMILES string of the molecule is O=C(c1ccco1)N1CCN([C@H](c2ccccc2)c2nnnn2Cc2ccc(F)cc2)CC1. The van der Waals surface area contributed by atoms with Crippen molar-refractivity contribution < 1.29 is 13.6 Å². The second-order valence-corrected chi connectivity index (χ2v) is 7.94. The molecule has 1 saturated heterocycles. The van der Waals surface area contributed by atoms with Gasteiger partial charge in [-0.1, -0.05) is 42.5 Å². The third kappa shape index (κ3) is 4.54. The van der Waals surface area contributed by atoms with E-state index in [4.69, 9.17) is 4.42 Å². The Kier molecular flexibility index (Phi) is 5.95. The molecular formula is C24H23FN6O2. The monoisotopic (exact) mass is 446 g/mol. The number of tetrazole rings is 1. The van der Waals surface area contributed by atoms with Gasteiger partial charge in [0.2, 0.25) is 0 Å². The van der Waals surface area contributed by atoms with Gasteiger partial charge >= 0.3 is 0 Å². The van der Waals surface area contributed by atoms with Crippen LogP contribution in [0.15, 0.2) is 77.4 Å². The number of aromatic nitrogens is 4. The number of benzene rings is 2. The third-order valence-corrected chi connectivity index (χ3v) is 5.86. The van der Waals surface area contributed by atoms with E-state index in [1.54, 1.807) is 33.8 Å². The highest BCUT2D eigenvalue weighted by molar-refractivity contribution is 5.91. The lowest BCUT2D eigenvalue weighted by Crippen LogP contribution is -2.50. The Bertz CT molecular complexity index is 1190. The Hall–Kier alpha value is -3.85. The van der Waals surface area contributed by atoms with Gasteiger partial charge in [0.1, 0.15) is 5.82 Å². The summed E-state index contributed by atoms with van der Waals surface area (Å²) in [4.78, 5) is 16.8. The summed E-state index contributed by atoms with van der Waals surface area (Å²) in [5, 5.41) is 12.5. The predicted octanol–water partition coefficient (Wildman–Crippen LogP) is 3.00. The van der Waals surface area contributed by atoms with Crippen LogP contribution in [-0.2, 0) is 6.54 Å². The lowest BCUT2D eigenvalue weighted by atomic mass is 10.0. The smallest absolute Gasteiger partial charge is 0.289 e.